The third-order valence-electron chi connectivity index (χ3n) is 4.59. The number of rotatable bonds is 3. The number of hydrogen-bond donors (Lipinski definition) is 1. The maximum Gasteiger partial charge on any atom is 0.320 e. The summed E-state index contributed by atoms with van der Waals surface area (Å²) in [6, 6.07) is 0.262. The van der Waals surface area contributed by atoms with Crippen LogP contribution in [0.1, 0.15) is 32.6 Å². The Morgan fingerprint density at radius 3 is 2.45 bits per heavy atom. The molecule has 2 rings (SSSR count). The lowest BCUT2D eigenvalue weighted by Gasteiger charge is -2.34. The topological polar surface area (TPSA) is 52.8 Å². The molecule has 5 nitrogen and oxygen atoms in total. The molecule has 0 spiro atoms. The fourth-order valence-electron chi connectivity index (χ4n) is 3.10. The highest BCUT2D eigenvalue weighted by Crippen LogP contribution is 2.18. The van der Waals surface area contributed by atoms with Crippen molar-refractivity contribution in [2.24, 2.45) is 11.7 Å². The molecule has 2 amide bonds. The van der Waals surface area contributed by atoms with Gasteiger partial charge in [-0.15, -0.1) is 0 Å². The summed E-state index contributed by atoms with van der Waals surface area (Å²) in [5.74, 6) is 0.773. The predicted molar refractivity (Wildman–Crippen MR) is 81.7 cm³/mol. The monoisotopic (exact) mass is 282 g/mol. The zero-order valence-corrected chi connectivity index (χ0v) is 12.9. The lowest BCUT2D eigenvalue weighted by molar-refractivity contribution is 0.135. The molecule has 5 heteroatoms. The van der Waals surface area contributed by atoms with E-state index >= 15 is 0 Å². The van der Waals surface area contributed by atoms with Crippen LogP contribution >= 0.6 is 0 Å². The van der Waals surface area contributed by atoms with Gasteiger partial charge in [-0.05, 0) is 51.2 Å². The summed E-state index contributed by atoms with van der Waals surface area (Å²) in [6.45, 7) is 9.85. The SMILES string of the molecule is CC1CCN(C(=O)N2CCCN(CCCN)CC2)CC1. The van der Waals surface area contributed by atoms with E-state index in [9.17, 15) is 4.79 Å². The third-order valence-corrected chi connectivity index (χ3v) is 4.59. The van der Waals surface area contributed by atoms with Crippen molar-refractivity contribution in [1.82, 2.24) is 14.7 Å². The number of piperidine rings is 1. The van der Waals surface area contributed by atoms with Gasteiger partial charge in [-0.2, -0.15) is 0 Å². The van der Waals surface area contributed by atoms with Gasteiger partial charge >= 0.3 is 6.03 Å². The first kappa shape index (κ1) is 15.6. The molecule has 2 fully saturated rings. The Morgan fingerprint density at radius 1 is 1.05 bits per heavy atom. The van der Waals surface area contributed by atoms with Gasteiger partial charge in [-0.1, -0.05) is 6.92 Å². The van der Waals surface area contributed by atoms with Crippen LogP contribution in [0.5, 0.6) is 0 Å². The zero-order chi connectivity index (χ0) is 14.4. The number of likely N-dealkylation sites (tertiary alicyclic amines) is 1. The van der Waals surface area contributed by atoms with E-state index in [2.05, 4.69) is 21.6 Å². The van der Waals surface area contributed by atoms with Crippen LogP contribution in [0.3, 0.4) is 0 Å². The van der Waals surface area contributed by atoms with Gasteiger partial charge in [0.05, 0.1) is 0 Å². The minimum atomic E-state index is 0.262. The van der Waals surface area contributed by atoms with Crippen molar-refractivity contribution in [3.8, 4) is 0 Å². The summed E-state index contributed by atoms with van der Waals surface area (Å²) in [4.78, 5) is 19.1. The Balaban J connectivity index is 1.79. The maximum absolute atomic E-state index is 12.5. The lowest BCUT2D eigenvalue weighted by atomic mass is 9.99. The van der Waals surface area contributed by atoms with E-state index in [1.807, 2.05) is 0 Å². The molecule has 2 aliphatic heterocycles. The van der Waals surface area contributed by atoms with E-state index in [-0.39, 0.29) is 6.03 Å². The fraction of sp³-hybridized carbons (Fsp3) is 0.933. The van der Waals surface area contributed by atoms with E-state index in [1.54, 1.807) is 0 Å². The van der Waals surface area contributed by atoms with Gasteiger partial charge in [0.15, 0.2) is 0 Å². The Kier molecular flexibility index (Phi) is 6.10. The largest absolute Gasteiger partial charge is 0.330 e. The van der Waals surface area contributed by atoms with Crippen molar-refractivity contribution < 1.29 is 4.79 Å². The molecule has 0 bridgehead atoms. The molecule has 116 valence electrons. The van der Waals surface area contributed by atoms with Gasteiger partial charge in [0.1, 0.15) is 0 Å². The van der Waals surface area contributed by atoms with E-state index in [0.717, 1.165) is 84.0 Å². The molecule has 0 aromatic rings. The molecule has 0 aliphatic carbocycles. The maximum atomic E-state index is 12.5. The fourth-order valence-corrected chi connectivity index (χ4v) is 3.10. The number of amides is 2. The average Bonchev–Trinajstić information content (AvgIpc) is 2.70. The Hall–Kier alpha value is -0.810. The van der Waals surface area contributed by atoms with Gasteiger partial charge in [0.25, 0.3) is 0 Å². The van der Waals surface area contributed by atoms with Crippen LogP contribution in [0.15, 0.2) is 0 Å². The summed E-state index contributed by atoms with van der Waals surface area (Å²) >= 11 is 0. The van der Waals surface area contributed by atoms with E-state index < -0.39 is 0 Å². The minimum absolute atomic E-state index is 0.262. The molecule has 2 N–H and O–H groups in total. The quantitative estimate of drug-likeness (QED) is 0.846. The molecule has 0 radical (unpaired) electrons. The van der Waals surface area contributed by atoms with Crippen LogP contribution in [0.25, 0.3) is 0 Å². The van der Waals surface area contributed by atoms with Crippen molar-refractivity contribution in [3.05, 3.63) is 0 Å². The van der Waals surface area contributed by atoms with Crippen LogP contribution in [0, 0.1) is 5.92 Å². The van der Waals surface area contributed by atoms with Crippen LogP contribution in [0.2, 0.25) is 0 Å². The third kappa shape index (κ3) is 4.35. The standard InChI is InChI=1S/C15H30N4O/c1-14-4-10-19(11-5-14)15(20)18-9-3-8-17(12-13-18)7-2-6-16/h14H,2-13,16H2,1H3. The van der Waals surface area contributed by atoms with E-state index in [4.69, 9.17) is 5.73 Å². The molecule has 2 aliphatic rings. The van der Waals surface area contributed by atoms with Crippen LogP contribution < -0.4 is 5.73 Å². The Bertz CT molecular complexity index is 302. The number of hydrogen-bond acceptors (Lipinski definition) is 3. The second-order valence-electron chi connectivity index (χ2n) is 6.28. The average molecular weight is 282 g/mol. The summed E-state index contributed by atoms with van der Waals surface area (Å²) in [5.41, 5.74) is 5.57. The summed E-state index contributed by atoms with van der Waals surface area (Å²) in [7, 11) is 0. The highest BCUT2D eigenvalue weighted by molar-refractivity contribution is 5.74. The summed E-state index contributed by atoms with van der Waals surface area (Å²) < 4.78 is 0. The van der Waals surface area contributed by atoms with Gasteiger partial charge in [0.2, 0.25) is 0 Å². The number of urea groups is 1. The van der Waals surface area contributed by atoms with Crippen LogP contribution in [0.4, 0.5) is 4.79 Å². The number of nitrogens with two attached hydrogens (primary N) is 1. The zero-order valence-electron chi connectivity index (χ0n) is 12.9. The summed E-state index contributed by atoms with van der Waals surface area (Å²) in [6.07, 6.45) is 4.45. The Labute approximate surface area is 123 Å². The summed E-state index contributed by atoms with van der Waals surface area (Å²) in [5, 5.41) is 0. The molecule has 2 heterocycles. The van der Waals surface area contributed by atoms with Gasteiger partial charge in [-0.25, -0.2) is 4.79 Å². The second-order valence-corrected chi connectivity index (χ2v) is 6.28. The molecular weight excluding hydrogens is 252 g/mol. The minimum Gasteiger partial charge on any atom is -0.330 e. The number of carbonyl (C=O) groups is 1. The highest BCUT2D eigenvalue weighted by atomic mass is 16.2. The van der Waals surface area contributed by atoms with Gasteiger partial charge in [0, 0.05) is 32.7 Å². The van der Waals surface area contributed by atoms with Crippen molar-refractivity contribution in [3.63, 3.8) is 0 Å². The van der Waals surface area contributed by atoms with Crippen LogP contribution in [-0.2, 0) is 0 Å². The highest BCUT2D eigenvalue weighted by Gasteiger charge is 2.26. The first-order chi connectivity index (χ1) is 9.70. The van der Waals surface area contributed by atoms with Crippen LogP contribution in [-0.4, -0.2) is 73.1 Å². The van der Waals surface area contributed by atoms with Crippen molar-refractivity contribution in [2.45, 2.75) is 32.6 Å². The molecule has 0 saturated carbocycles. The van der Waals surface area contributed by atoms with E-state index in [1.165, 1.54) is 0 Å². The molecule has 20 heavy (non-hydrogen) atoms. The normalized spacial score (nSPS) is 22.9. The number of nitrogens with zero attached hydrogens (tertiary/aromatic N) is 3. The van der Waals surface area contributed by atoms with Crippen molar-refractivity contribution >= 4 is 6.03 Å². The molecular formula is C15H30N4O. The molecule has 2 saturated heterocycles. The van der Waals surface area contributed by atoms with Gasteiger partial charge < -0.3 is 20.4 Å². The smallest absolute Gasteiger partial charge is 0.320 e. The Morgan fingerprint density at radius 2 is 1.75 bits per heavy atom. The van der Waals surface area contributed by atoms with E-state index in [0.29, 0.717) is 0 Å². The number of carbonyl (C=O) groups excluding carboxylic acids is 1. The van der Waals surface area contributed by atoms with Gasteiger partial charge in [-0.3, -0.25) is 0 Å². The second kappa shape index (κ2) is 7.84. The molecule has 0 atom stereocenters. The lowest BCUT2D eigenvalue weighted by Crippen LogP contribution is -2.47. The van der Waals surface area contributed by atoms with Crippen molar-refractivity contribution in [2.75, 3.05) is 52.4 Å². The molecule has 0 unspecified atom stereocenters. The predicted octanol–water partition coefficient (Wildman–Crippen LogP) is 1.19. The first-order valence-electron chi connectivity index (χ1n) is 8.17. The van der Waals surface area contributed by atoms with Crippen molar-refractivity contribution in [1.29, 1.82) is 0 Å². The molecule has 0 aromatic heterocycles. The first-order valence-corrected chi connectivity index (χ1v) is 8.17. The molecule has 0 aromatic carbocycles.